The fraction of sp³-hybridized carbons (Fsp3) is 0.435. The Morgan fingerprint density at radius 3 is 2.30 bits per heavy atom. The Morgan fingerprint density at radius 2 is 1.70 bits per heavy atom. The highest BCUT2D eigenvalue weighted by atomic mass is 16.5. The first-order chi connectivity index (χ1) is 14.4. The SMILES string of the molecule is CCCCCCOc1ccc(C(=O)Nc2oc(C)c(C(C)=O)c2C(=O)OCC)cc1. The number of anilines is 1. The van der Waals surface area contributed by atoms with E-state index in [2.05, 4.69) is 12.2 Å². The Kier molecular flexibility index (Phi) is 8.65. The smallest absolute Gasteiger partial charge is 0.344 e. The third-order valence-corrected chi connectivity index (χ3v) is 4.53. The number of ketones is 1. The van der Waals surface area contributed by atoms with Crippen LogP contribution in [-0.4, -0.2) is 30.9 Å². The highest BCUT2D eigenvalue weighted by Gasteiger charge is 2.28. The van der Waals surface area contributed by atoms with Gasteiger partial charge < -0.3 is 13.9 Å². The van der Waals surface area contributed by atoms with Crippen molar-refractivity contribution in [2.45, 2.75) is 53.4 Å². The Hall–Kier alpha value is -3.09. The molecular weight excluding hydrogens is 386 g/mol. The summed E-state index contributed by atoms with van der Waals surface area (Å²) in [5.41, 5.74) is 0.402. The zero-order chi connectivity index (χ0) is 22.1. The number of amides is 1. The maximum absolute atomic E-state index is 12.6. The van der Waals surface area contributed by atoms with Crippen molar-refractivity contribution in [3.63, 3.8) is 0 Å². The van der Waals surface area contributed by atoms with Crippen LogP contribution in [0.3, 0.4) is 0 Å². The number of ether oxygens (including phenoxy) is 2. The number of carbonyl (C=O) groups is 3. The van der Waals surface area contributed by atoms with Gasteiger partial charge in [-0.15, -0.1) is 0 Å². The van der Waals surface area contributed by atoms with Crippen LogP contribution in [0.25, 0.3) is 0 Å². The summed E-state index contributed by atoms with van der Waals surface area (Å²) in [7, 11) is 0. The Morgan fingerprint density at radius 1 is 1.00 bits per heavy atom. The van der Waals surface area contributed by atoms with Gasteiger partial charge in [0.25, 0.3) is 5.91 Å². The minimum atomic E-state index is -0.721. The van der Waals surface area contributed by atoms with E-state index in [-0.39, 0.29) is 35.2 Å². The summed E-state index contributed by atoms with van der Waals surface area (Å²) in [6.07, 6.45) is 4.48. The van der Waals surface area contributed by atoms with Crippen LogP contribution in [-0.2, 0) is 4.74 Å². The van der Waals surface area contributed by atoms with Gasteiger partial charge in [0.05, 0.1) is 18.8 Å². The first-order valence-corrected chi connectivity index (χ1v) is 10.2. The number of esters is 1. The highest BCUT2D eigenvalue weighted by Crippen LogP contribution is 2.29. The third kappa shape index (κ3) is 5.95. The van der Waals surface area contributed by atoms with Gasteiger partial charge in [0.15, 0.2) is 5.78 Å². The average molecular weight is 415 g/mol. The second-order valence-corrected chi connectivity index (χ2v) is 6.90. The van der Waals surface area contributed by atoms with E-state index in [9.17, 15) is 14.4 Å². The van der Waals surface area contributed by atoms with Gasteiger partial charge in [0.1, 0.15) is 17.1 Å². The van der Waals surface area contributed by atoms with Crippen molar-refractivity contribution in [3.8, 4) is 5.75 Å². The number of carbonyl (C=O) groups excluding carboxylic acids is 3. The Labute approximate surface area is 176 Å². The molecule has 0 fully saturated rings. The Bertz CT molecular complexity index is 882. The van der Waals surface area contributed by atoms with E-state index in [0.717, 1.165) is 12.8 Å². The van der Waals surface area contributed by atoms with Gasteiger partial charge >= 0.3 is 5.97 Å². The molecule has 0 atom stereocenters. The maximum atomic E-state index is 12.6. The minimum Gasteiger partial charge on any atom is -0.494 e. The summed E-state index contributed by atoms with van der Waals surface area (Å²) in [5, 5.41) is 2.57. The van der Waals surface area contributed by atoms with Gasteiger partial charge in [-0.3, -0.25) is 14.9 Å². The van der Waals surface area contributed by atoms with Crippen LogP contribution < -0.4 is 10.1 Å². The average Bonchev–Trinajstić information content (AvgIpc) is 3.04. The zero-order valence-corrected chi connectivity index (χ0v) is 18.0. The van der Waals surface area contributed by atoms with E-state index in [1.807, 2.05) is 0 Å². The molecule has 1 N–H and O–H groups in total. The van der Waals surface area contributed by atoms with E-state index in [1.54, 1.807) is 38.1 Å². The molecule has 1 amide bonds. The first kappa shape index (κ1) is 23.2. The summed E-state index contributed by atoms with van der Waals surface area (Å²) >= 11 is 0. The van der Waals surface area contributed by atoms with Crippen molar-refractivity contribution in [2.75, 3.05) is 18.5 Å². The number of aryl methyl sites for hydroxylation is 1. The molecule has 1 aromatic heterocycles. The number of hydrogen-bond donors (Lipinski definition) is 1. The van der Waals surface area contributed by atoms with Crippen molar-refractivity contribution in [2.24, 2.45) is 0 Å². The maximum Gasteiger partial charge on any atom is 0.344 e. The molecule has 7 nitrogen and oxygen atoms in total. The number of hydrogen-bond acceptors (Lipinski definition) is 6. The van der Waals surface area contributed by atoms with E-state index >= 15 is 0 Å². The number of rotatable bonds is 11. The third-order valence-electron chi connectivity index (χ3n) is 4.53. The van der Waals surface area contributed by atoms with Gasteiger partial charge in [-0.25, -0.2) is 4.79 Å². The minimum absolute atomic E-state index is 0.0674. The zero-order valence-electron chi connectivity index (χ0n) is 18.0. The molecule has 0 aliphatic carbocycles. The number of nitrogens with one attached hydrogen (secondary N) is 1. The molecule has 2 rings (SSSR count). The molecule has 0 radical (unpaired) electrons. The molecule has 1 heterocycles. The molecular formula is C23H29NO6. The van der Waals surface area contributed by atoms with Crippen molar-refractivity contribution < 1.29 is 28.3 Å². The monoisotopic (exact) mass is 415 g/mol. The first-order valence-electron chi connectivity index (χ1n) is 10.2. The quantitative estimate of drug-likeness (QED) is 0.309. The van der Waals surface area contributed by atoms with Crippen LogP contribution in [0.15, 0.2) is 28.7 Å². The van der Waals surface area contributed by atoms with Gasteiger partial charge in [0.2, 0.25) is 5.88 Å². The predicted molar refractivity (Wildman–Crippen MR) is 113 cm³/mol. The standard InChI is InChI=1S/C23H29NO6/c1-5-7-8-9-14-29-18-12-10-17(11-13-18)21(26)24-22-20(23(27)28-6-2)19(15(3)25)16(4)30-22/h10-13H,5-9,14H2,1-4H3,(H,24,26). The van der Waals surface area contributed by atoms with Crippen LogP contribution >= 0.6 is 0 Å². The van der Waals surface area contributed by atoms with Crippen molar-refractivity contribution in [1.82, 2.24) is 0 Å². The summed E-state index contributed by atoms with van der Waals surface area (Å²) < 4.78 is 16.2. The summed E-state index contributed by atoms with van der Waals surface area (Å²) in [6, 6.07) is 6.69. The lowest BCUT2D eigenvalue weighted by molar-refractivity contribution is 0.0524. The highest BCUT2D eigenvalue weighted by molar-refractivity contribution is 6.12. The fourth-order valence-corrected chi connectivity index (χ4v) is 3.05. The van der Waals surface area contributed by atoms with Gasteiger partial charge in [-0.2, -0.15) is 0 Å². The summed E-state index contributed by atoms with van der Waals surface area (Å²) in [6.45, 7) is 7.46. The van der Waals surface area contributed by atoms with Crippen molar-refractivity contribution in [1.29, 1.82) is 0 Å². The number of furan rings is 1. The van der Waals surface area contributed by atoms with Crippen molar-refractivity contribution >= 4 is 23.5 Å². The van der Waals surface area contributed by atoms with Crippen LogP contribution in [0.4, 0.5) is 5.88 Å². The second-order valence-electron chi connectivity index (χ2n) is 6.90. The van der Waals surface area contributed by atoms with E-state index in [0.29, 0.717) is 17.9 Å². The summed E-state index contributed by atoms with van der Waals surface area (Å²) in [5.74, 6) is -0.714. The van der Waals surface area contributed by atoms with E-state index < -0.39 is 11.9 Å². The number of unbranched alkanes of at least 4 members (excludes halogenated alkanes) is 3. The lowest BCUT2D eigenvalue weighted by Gasteiger charge is -2.08. The van der Waals surface area contributed by atoms with Crippen molar-refractivity contribution in [3.05, 3.63) is 46.7 Å². The molecule has 0 spiro atoms. The largest absolute Gasteiger partial charge is 0.494 e. The molecule has 0 saturated heterocycles. The van der Waals surface area contributed by atoms with Gasteiger partial charge in [-0.05, 0) is 51.5 Å². The summed E-state index contributed by atoms with van der Waals surface area (Å²) in [4.78, 5) is 36.9. The van der Waals surface area contributed by atoms with E-state index in [4.69, 9.17) is 13.9 Å². The molecule has 0 unspecified atom stereocenters. The lowest BCUT2D eigenvalue weighted by Crippen LogP contribution is -2.16. The normalized spacial score (nSPS) is 10.5. The fourth-order valence-electron chi connectivity index (χ4n) is 3.05. The van der Waals surface area contributed by atoms with Crippen LogP contribution in [0, 0.1) is 6.92 Å². The lowest BCUT2D eigenvalue weighted by atomic mass is 10.1. The molecule has 162 valence electrons. The Balaban J connectivity index is 2.11. The van der Waals surface area contributed by atoms with Gasteiger partial charge in [-0.1, -0.05) is 26.2 Å². The number of Topliss-reactive ketones (excluding diaryl/α,β-unsaturated/α-hetero) is 1. The molecule has 0 aliphatic rings. The molecule has 1 aromatic carbocycles. The topological polar surface area (TPSA) is 94.8 Å². The molecule has 7 heteroatoms. The van der Waals surface area contributed by atoms with E-state index in [1.165, 1.54) is 19.8 Å². The van der Waals surface area contributed by atoms with Crippen LogP contribution in [0.2, 0.25) is 0 Å². The van der Waals surface area contributed by atoms with Gasteiger partial charge in [0, 0.05) is 5.56 Å². The van der Waals surface area contributed by atoms with Crippen LogP contribution in [0.1, 0.15) is 83.3 Å². The second kappa shape index (κ2) is 11.2. The molecule has 0 saturated carbocycles. The molecule has 30 heavy (non-hydrogen) atoms. The predicted octanol–water partition coefficient (Wildman–Crippen LogP) is 5.18. The van der Waals surface area contributed by atoms with Crippen LogP contribution in [0.5, 0.6) is 5.75 Å². The molecule has 0 bridgehead atoms. The molecule has 0 aliphatic heterocycles. The molecule has 2 aromatic rings. The number of benzene rings is 1.